The maximum atomic E-state index is 13.0. The smallest absolute Gasteiger partial charge is 0.126 e. The molecule has 72 valence electrons. The molecule has 2 rings (SSSR count). The van der Waals surface area contributed by atoms with Crippen LogP contribution in [0.5, 0.6) is 0 Å². The van der Waals surface area contributed by atoms with Crippen LogP contribution in [0, 0.1) is 12.7 Å². The van der Waals surface area contributed by atoms with Gasteiger partial charge in [-0.15, -0.1) is 0 Å². The Morgan fingerprint density at radius 1 is 1.36 bits per heavy atom. The van der Waals surface area contributed by atoms with E-state index in [1.165, 1.54) is 12.1 Å². The van der Waals surface area contributed by atoms with Crippen molar-refractivity contribution in [1.29, 1.82) is 0 Å². The van der Waals surface area contributed by atoms with Crippen LogP contribution in [0.2, 0.25) is 0 Å². The molecule has 0 fully saturated rings. The van der Waals surface area contributed by atoms with Crippen molar-refractivity contribution in [3.05, 3.63) is 35.8 Å². The molecule has 3 nitrogen and oxygen atoms in total. The fraction of sp³-hybridized carbons (Fsp3) is 0.100. The second-order valence-electron chi connectivity index (χ2n) is 3.16. The summed E-state index contributed by atoms with van der Waals surface area (Å²) in [6, 6.07) is 4.60. The molecule has 0 atom stereocenters. The number of aromatic amines is 1. The van der Waals surface area contributed by atoms with Crippen molar-refractivity contribution < 1.29 is 4.39 Å². The molecule has 4 heteroatoms. The maximum Gasteiger partial charge on any atom is 0.126 e. The summed E-state index contributed by atoms with van der Waals surface area (Å²) in [5, 5.41) is 6.42. The Balaban J connectivity index is 2.62. The van der Waals surface area contributed by atoms with Crippen molar-refractivity contribution in [2.75, 3.05) is 5.73 Å². The summed E-state index contributed by atoms with van der Waals surface area (Å²) in [6.45, 7) is 1.90. The lowest BCUT2D eigenvalue weighted by molar-refractivity contribution is 0.628. The lowest BCUT2D eigenvalue weighted by Gasteiger charge is -2.03. The van der Waals surface area contributed by atoms with Crippen LogP contribution in [0.25, 0.3) is 11.1 Å². The number of aromatic nitrogens is 2. The van der Waals surface area contributed by atoms with Crippen LogP contribution in [-0.4, -0.2) is 10.2 Å². The number of rotatable bonds is 1. The van der Waals surface area contributed by atoms with Gasteiger partial charge in [0.1, 0.15) is 11.6 Å². The van der Waals surface area contributed by atoms with Crippen molar-refractivity contribution in [1.82, 2.24) is 10.2 Å². The number of nitrogens with one attached hydrogen (secondary N) is 1. The number of H-pyrrole nitrogens is 1. The normalized spacial score (nSPS) is 10.4. The van der Waals surface area contributed by atoms with Gasteiger partial charge in [0, 0.05) is 5.56 Å². The van der Waals surface area contributed by atoms with Crippen molar-refractivity contribution in [2.45, 2.75) is 6.92 Å². The molecule has 0 amide bonds. The van der Waals surface area contributed by atoms with Gasteiger partial charge in [-0.3, -0.25) is 5.10 Å². The first-order valence-corrected chi connectivity index (χ1v) is 4.24. The van der Waals surface area contributed by atoms with Crippen molar-refractivity contribution >= 4 is 5.82 Å². The molecular weight excluding hydrogens is 181 g/mol. The van der Waals surface area contributed by atoms with Gasteiger partial charge in [0.2, 0.25) is 0 Å². The zero-order valence-corrected chi connectivity index (χ0v) is 7.71. The summed E-state index contributed by atoms with van der Waals surface area (Å²) in [5.74, 6) is 0.185. The molecule has 14 heavy (non-hydrogen) atoms. The van der Waals surface area contributed by atoms with E-state index in [9.17, 15) is 4.39 Å². The Kier molecular flexibility index (Phi) is 1.96. The highest BCUT2D eigenvalue weighted by Crippen LogP contribution is 2.27. The fourth-order valence-electron chi connectivity index (χ4n) is 1.40. The second-order valence-corrected chi connectivity index (χ2v) is 3.16. The van der Waals surface area contributed by atoms with E-state index in [2.05, 4.69) is 10.2 Å². The number of benzene rings is 1. The number of nitrogens with zero attached hydrogens (tertiary/aromatic N) is 1. The van der Waals surface area contributed by atoms with E-state index in [-0.39, 0.29) is 5.82 Å². The highest BCUT2D eigenvalue weighted by Gasteiger charge is 2.08. The quantitative estimate of drug-likeness (QED) is 0.725. The largest absolute Gasteiger partial charge is 0.384 e. The Morgan fingerprint density at radius 3 is 2.79 bits per heavy atom. The van der Waals surface area contributed by atoms with Gasteiger partial charge in [-0.2, -0.15) is 5.10 Å². The van der Waals surface area contributed by atoms with Gasteiger partial charge in [0.05, 0.1) is 6.20 Å². The number of nitrogens with two attached hydrogens (primary N) is 1. The predicted octanol–water partition coefficient (Wildman–Crippen LogP) is 2.11. The van der Waals surface area contributed by atoms with Gasteiger partial charge in [0.15, 0.2) is 0 Å². The number of aryl methyl sites for hydroxylation is 1. The number of hydrogen-bond acceptors (Lipinski definition) is 2. The van der Waals surface area contributed by atoms with E-state index < -0.39 is 0 Å². The molecular formula is C10H10FN3. The molecule has 0 spiro atoms. The van der Waals surface area contributed by atoms with Crippen LogP contribution >= 0.6 is 0 Å². The average molecular weight is 191 g/mol. The lowest BCUT2D eigenvalue weighted by Crippen LogP contribution is -1.90. The molecule has 1 heterocycles. The van der Waals surface area contributed by atoms with Crippen LogP contribution < -0.4 is 5.73 Å². The summed E-state index contributed by atoms with van der Waals surface area (Å²) >= 11 is 0. The van der Waals surface area contributed by atoms with Crippen molar-refractivity contribution in [3.63, 3.8) is 0 Å². The Morgan fingerprint density at radius 2 is 2.14 bits per heavy atom. The maximum absolute atomic E-state index is 13.0. The molecule has 0 aliphatic rings. The van der Waals surface area contributed by atoms with E-state index >= 15 is 0 Å². The minimum Gasteiger partial charge on any atom is -0.384 e. The van der Waals surface area contributed by atoms with Gasteiger partial charge in [-0.25, -0.2) is 4.39 Å². The molecule has 1 aromatic carbocycles. The number of nitrogen functional groups attached to an aromatic ring is 1. The first-order chi connectivity index (χ1) is 6.68. The second kappa shape index (κ2) is 3.14. The van der Waals surface area contributed by atoms with Crippen LogP contribution in [0.15, 0.2) is 24.4 Å². The lowest BCUT2D eigenvalue weighted by atomic mass is 10.0. The number of anilines is 1. The first-order valence-electron chi connectivity index (χ1n) is 4.24. The molecule has 3 N–H and O–H groups in total. The number of hydrogen-bond donors (Lipinski definition) is 2. The highest BCUT2D eigenvalue weighted by molar-refractivity contribution is 5.75. The monoisotopic (exact) mass is 191 g/mol. The van der Waals surface area contributed by atoms with Gasteiger partial charge >= 0.3 is 0 Å². The minimum atomic E-state index is -0.272. The molecule has 0 radical (unpaired) electrons. The molecule has 0 aliphatic heterocycles. The summed E-state index contributed by atoms with van der Waals surface area (Å²) in [6.07, 6.45) is 1.59. The van der Waals surface area contributed by atoms with Crippen LogP contribution in [0.3, 0.4) is 0 Å². The molecule has 0 saturated carbocycles. The molecule has 0 saturated heterocycles. The molecule has 2 aromatic rings. The summed E-state index contributed by atoms with van der Waals surface area (Å²) in [5.41, 5.74) is 8.14. The molecule has 1 aromatic heterocycles. The van der Waals surface area contributed by atoms with E-state index in [4.69, 9.17) is 5.73 Å². The SMILES string of the molecule is Cc1ccc(F)cc1-c1cn[nH]c1N. The summed E-state index contributed by atoms with van der Waals surface area (Å²) in [7, 11) is 0. The average Bonchev–Trinajstić information content (AvgIpc) is 2.56. The van der Waals surface area contributed by atoms with Gasteiger partial charge < -0.3 is 5.73 Å². The molecule has 0 bridgehead atoms. The van der Waals surface area contributed by atoms with E-state index in [0.717, 1.165) is 16.7 Å². The van der Waals surface area contributed by atoms with E-state index in [1.807, 2.05) is 6.92 Å². The summed E-state index contributed by atoms with van der Waals surface area (Å²) in [4.78, 5) is 0. The third-order valence-electron chi connectivity index (χ3n) is 2.16. The van der Waals surface area contributed by atoms with Crippen molar-refractivity contribution in [2.24, 2.45) is 0 Å². The third kappa shape index (κ3) is 1.35. The zero-order chi connectivity index (χ0) is 10.1. The van der Waals surface area contributed by atoms with Crippen molar-refractivity contribution in [3.8, 4) is 11.1 Å². The third-order valence-corrected chi connectivity index (χ3v) is 2.16. The van der Waals surface area contributed by atoms with Gasteiger partial charge in [0.25, 0.3) is 0 Å². The summed E-state index contributed by atoms with van der Waals surface area (Å²) < 4.78 is 13.0. The number of halogens is 1. The van der Waals surface area contributed by atoms with Gasteiger partial charge in [-0.1, -0.05) is 6.07 Å². The van der Waals surface area contributed by atoms with Crippen LogP contribution in [-0.2, 0) is 0 Å². The van der Waals surface area contributed by atoms with E-state index in [1.54, 1.807) is 12.3 Å². The molecule has 0 aliphatic carbocycles. The standard InChI is InChI=1S/C10H10FN3/c1-6-2-3-7(11)4-8(6)9-5-13-14-10(9)12/h2-5H,1H3,(H3,12,13,14). The fourth-order valence-corrected chi connectivity index (χ4v) is 1.40. The van der Waals surface area contributed by atoms with Gasteiger partial charge in [-0.05, 0) is 30.2 Å². The van der Waals surface area contributed by atoms with E-state index in [0.29, 0.717) is 5.82 Å². The predicted molar refractivity (Wildman–Crippen MR) is 53.1 cm³/mol. The first kappa shape index (κ1) is 8.74. The van der Waals surface area contributed by atoms with Crippen LogP contribution in [0.1, 0.15) is 5.56 Å². The topological polar surface area (TPSA) is 54.7 Å². The Bertz CT molecular complexity index is 462. The molecule has 0 unspecified atom stereocenters. The Labute approximate surface area is 80.8 Å². The highest BCUT2D eigenvalue weighted by atomic mass is 19.1. The minimum absolute atomic E-state index is 0.272. The van der Waals surface area contributed by atoms with Crippen LogP contribution in [0.4, 0.5) is 10.2 Å². The Hall–Kier alpha value is -1.84. The zero-order valence-electron chi connectivity index (χ0n) is 7.71.